The third kappa shape index (κ3) is 3.01. The SMILES string of the molecule is NC(CN1CCOCC1)c1noc(-c2ccccn2)n1. The molecule has 1 atom stereocenters. The topological polar surface area (TPSA) is 90.3 Å². The van der Waals surface area contributed by atoms with Gasteiger partial charge in [-0.05, 0) is 12.1 Å². The summed E-state index contributed by atoms with van der Waals surface area (Å²) in [7, 11) is 0. The molecule has 7 nitrogen and oxygen atoms in total. The number of nitrogens with two attached hydrogens (primary N) is 1. The zero-order valence-electron chi connectivity index (χ0n) is 11.1. The molecule has 20 heavy (non-hydrogen) atoms. The molecular formula is C13H17N5O2. The van der Waals surface area contributed by atoms with Crippen LogP contribution in [0.25, 0.3) is 11.6 Å². The fourth-order valence-electron chi connectivity index (χ4n) is 2.12. The minimum atomic E-state index is -0.269. The summed E-state index contributed by atoms with van der Waals surface area (Å²) in [5.41, 5.74) is 6.79. The molecule has 0 bridgehead atoms. The third-order valence-electron chi connectivity index (χ3n) is 3.22. The highest BCUT2D eigenvalue weighted by atomic mass is 16.5. The first-order valence-corrected chi connectivity index (χ1v) is 6.63. The van der Waals surface area contributed by atoms with Gasteiger partial charge in [0.15, 0.2) is 5.82 Å². The maximum absolute atomic E-state index is 6.13. The highest BCUT2D eigenvalue weighted by Crippen LogP contribution is 2.16. The Balaban J connectivity index is 1.66. The van der Waals surface area contributed by atoms with Crippen LogP contribution in [-0.2, 0) is 4.74 Å². The normalized spacial score (nSPS) is 18.1. The largest absolute Gasteiger partial charge is 0.379 e. The fraction of sp³-hybridized carbons (Fsp3) is 0.462. The van der Waals surface area contributed by atoms with Crippen molar-refractivity contribution in [2.45, 2.75) is 6.04 Å². The van der Waals surface area contributed by atoms with E-state index in [-0.39, 0.29) is 6.04 Å². The molecule has 0 radical (unpaired) electrons. The predicted molar refractivity (Wildman–Crippen MR) is 71.7 cm³/mol. The van der Waals surface area contributed by atoms with Crippen molar-refractivity contribution >= 4 is 0 Å². The summed E-state index contributed by atoms with van der Waals surface area (Å²) in [5.74, 6) is 0.912. The number of ether oxygens (including phenoxy) is 1. The zero-order chi connectivity index (χ0) is 13.8. The second-order valence-corrected chi connectivity index (χ2v) is 4.69. The maximum atomic E-state index is 6.13. The number of nitrogens with zero attached hydrogens (tertiary/aromatic N) is 4. The number of aromatic nitrogens is 3. The molecule has 3 rings (SSSR count). The van der Waals surface area contributed by atoms with Crippen LogP contribution in [0.4, 0.5) is 0 Å². The number of hydrogen-bond acceptors (Lipinski definition) is 7. The molecule has 2 aromatic heterocycles. The Kier molecular flexibility index (Phi) is 4.00. The Labute approximate surface area is 116 Å². The van der Waals surface area contributed by atoms with Gasteiger partial charge in [0.1, 0.15) is 5.69 Å². The maximum Gasteiger partial charge on any atom is 0.276 e. The van der Waals surface area contributed by atoms with Crippen LogP contribution < -0.4 is 5.73 Å². The third-order valence-corrected chi connectivity index (χ3v) is 3.22. The van der Waals surface area contributed by atoms with Crippen LogP contribution in [0.3, 0.4) is 0 Å². The Hall–Kier alpha value is -1.83. The van der Waals surface area contributed by atoms with E-state index in [1.54, 1.807) is 6.20 Å². The highest BCUT2D eigenvalue weighted by molar-refractivity contribution is 5.45. The van der Waals surface area contributed by atoms with Crippen LogP contribution in [-0.4, -0.2) is 52.9 Å². The van der Waals surface area contributed by atoms with Gasteiger partial charge < -0.3 is 15.0 Å². The fourth-order valence-corrected chi connectivity index (χ4v) is 2.12. The van der Waals surface area contributed by atoms with Crippen molar-refractivity contribution in [3.8, 4) is 11.6 Å². The van der Waals surface area contributed by atoms with Crippen molar-refractivity contribution in [3.05, 3.63) is 30.2 Å². The van der Waals surface area contributed by atoms with Gasteiger partial charge in [-0.25, -0.2) is 0 Å². The summed E-state index contributed by atoms with van der Waals surface area (Å²) in [5, 5.41) is 3.95. The van der Waals surface area contributed by atoms with Crippen molar-refractivity contribution in [2.24, 2.45) is 5.73 Å². The average Bonchev–Trinajstić information content (AvgIpc) is 2.99. The van der Waals surface area contributed by atoms with Crippen molar-refractivity contribution in [2.75, 3.05) is 32.8 Å². The standard InChI is InChI=1S/C13H17N5O2/c14-10(9-18-5-7-19-8-6-18)12-16-13(20-17-12)11-3-1-2-4-15-11/h1-4,10H,5-9,14H2. The highest BCUT2D eigenvalue weighted by Gasteiger charge is 2.20. The van der Waals surface area contributed by atoms with Crippen molar-refractivity contribution in [1.29, 1.82) is 0 Å². The molecular weight excluding hydrogens is 258 g/mol. The average molecular weight is 275 g/mol. The summed E-state index contributed by atoms with van der Waals surface area (Å²) in [6, 6.07) is 5.27. The smallest absolute Gasteiger partial charge is 0.276 e. The van der Waals surface area contributed by atoms with E-state index in [9.17, 15) is 0 Å². The van der Waals surface area contributed by atoms with Crippen LogP contribution in [0.5, 0.6) is 0 Å². The Morgan fingerprint density at radius 3 is 2.90 bits per heavy atom. The summed E-state index contributed by atoms with van der Waals surface area (Å²) >= 11 is 0. The lowest BCUT2D eigenvalue weighted by Gasteiger charge is -2.27. The molecule has 0 amide bonds. The molecule has 0 aromatic carbocycles. The lowest BCUT2D eigenvalue weighted by molar-refractivity contribution is 0.0348. The van der Waals surface area contributed by atoms with Crippen LogP contribution in [0.1, 0.15) is 11.9 Å². The number of rotatable bonds is 4. The first-order valence-electron chi connectivity index (χ1n) is 6.63. The lowest BCUT2D eigenvalue weighted by atomic mass is 10.2. The van der Waals surface area contributed by atoms with Gasteiger partial charge in [-0.2, -0.15) is 4.98 Å². The van der Waals surface area contributed by atoms with Gasteiger partial charge in [-0.1, -0.05) is 11.2 Å². The molecule has 0 saturated carbocycles. The molecule has 1 unspecified atom stereocenters. The predicted octanol–water partition coefficient (Wildman–Crippen LogP) is 0.464. The van der Waals surface area contributed by atoms with Gasteiger partial charge in [-0.3, -0.25) is 9.88 Å². The molecule has 1 saturated heterocycles. The zero-order valence-corrected chi connectivity index (χ0v) is 11.1. The Bertz CT molecular complexity index is 539. The van der Waals surface area contributed by atoms with E-state index >= 15 is 0 Å². The molecule has 0 spiro atoms. The van der Waals surface area contributed by atoms with E-state index in [2.05, 4.69) is 20.0 Å². The first kappa shape index (κ1) is 13.2. The number of hydrogen-bond donors (Lipinski definition) is 1. The summed E-state index contributed by atoms with van der Waals surface area (Å²) in [4.78, 5) is 10.7. The van der Waals surface area contributed by atoms with E-state index in [0.717, 1.165) is 26.3 Å². The molecule has 3 heterocycles. The molecule has 2 N–H and O–H groups in total. The molecule has 2 aromatic rings. The van der Waals surface area contributed by atoms with Gasteiger partial charge in [0.25, 0.3) is 5.89 Å². The summed E-state index contributed by atoms with van der Waals surface area (Å²) < 4.78 is 10.5. The minimum Gasteiger partial charge on any atom is -0.379 e. The Morgan fingerprint density at radius 1 is 1.30 bits per heavy atom. The van der Waals surface area contributed by atoms with E-state index < -0.39 is 0 Å². The van der Waals surface area contributed by atoms with Crippen LogP contribution in [0, 0.1) is 0 Å². The van der Waals surface area contributed by atoms with Gasteiger partial charge in [0.05, 0.1) is 19.3 Å². The van der Waals surface area contributed by atoms with Gasteiger partial charge in [-0.15, -0.1) is 0 Å². The molecule has 0 aliphatic carbocycles. The number of pyridine rings is 1. The van der Waals surface area contributed by atoms with Crippen molar-refractivity contribution in [3.63, 3.8) is 0 Å². The van der Waals surface area contributed by atoms with Crippen LogP contribution >= 0.6 is 0 Å². The molecule has 7 heteroatoms. The first-order chi connectivity index (χ1) is 9.83. The van der Waals surface area contributed by atoms with E-state index in [0.29, 0.717) is 24.0 Å². The molecule has 1 aliphatic heterocycles. The second-order valence-electron chi connectivity index (χ2n) is 4.69. The lowest BCUT2D eigenvalue weighted by Crippen LogP contribution is -2.40. The van der Waals surface area contributed by atoms with E-state index in [4.69, 9.17) is 15.0 Å². The summed E-state index contributed by atoms with van der Waals surface area (Å²) in [6.45, 7) is 3.97. The second kappa shape index (κ2) is 6.08. The van der Waals surface area contributed by atoms with Gasteiger partial charge in [0, 0.05) is 25.8 Å². The van der Waals surface area contributed by atoms with Gasteiger partial charge in [0.2, 0.25) is 0 Å². The van der Waals surface area contributed by atoms with Crippen LogP contribution in [0.2, 0.25) is 0 Å². The van der Waals surface area contributed by atoms with Crippen molar-refractivity contribution in [1.82, 2.24) is 20.0 Å². The summed E-state index contributed by atoms with van der Waals surface area (Å²) in [6.07, 6.45) is 1.69. The van der Waals surface area contributed by atoms with Crippen LogP contribution in [0.15, 0.2) is 28.9 Å². The van der Waals surface area contributed by atoms with Gasteiger partial charge >= 0.3 is 0 Å². The molecule has 1 fully saturated rings. The van der Waals surface area contributed by atoms with Crippen molar-refractivity contribution < 1.29 is 9.26 Å². The Morgan fingerprint density at radius 2 is 2.15 bits per heavy atom. The quantitative estimate of drug-likeness (QED) is 0.867. The van der Waals surface area contributed by atoms with E-state index in [1.165, 1.54) is 0 Å². The van der Waals surface area contributed by atoms with E-state index in [1.807, 2.05) is 18.2 Å². The molecule has 1 aliphatic rings. The molecule has 106 valence electrons. The monoisotopic (exact) mass is 275 g/mol. The minimum absolute atomic E-state index is 0.269. The number of morpholine rings is 1.